The van der Waals surface area contributed by atoms with Gasteiger partial charge in [0.2, 0.25) is 0 Å². The Morgan fingerprint density at radius 2 is 0.739 bits per heavy atom. The highest BCUT2D eigenvalue weighted by atomic mass is 31.2. The van der Waals surface area contributed by atoms with E-state index in [2.05, 4.69) is 48.5 Å². The molecule has 2 unspecified atom stereocenters. The molecule has 0 aliphatic rings. The first kappa shape index (κ1) is 48.7. The first-order valence-electron chi connectivity index (χ1n) is 20.7. The van der Waals surface area contributed by atoms with Gasteiger partial charge in [-0.05, 0) is 62.4 Å². The van der Waals surface area contributed by atoms with Crippen molar-refractivity contribution in [2.75, 3.05) is 31.7 Å². The molecule has 0 aliphatic carbocycles. The van der Waals surface area contributed by atoms with Gasteiger partial charge in [0.05, 0.1) is 13.2 Å². The summed E-state index contributed by atoms with van der Waals surface area (Å²) in [5.41, 5.74) is 0. The van der Waals surface area contributed by atoms with E-state index in [1.165, 1.54) is 116 Å². The summed E-state index contributed by atoms with van der Waals surface area (Å²) in [5.74, 6) is 0.687. The van der Waals surface area contributed by atoms with Gasteiger partial charge in [-0.1, -0.05) is 183 Å². The monoisotopic (exact) mass is 693 g/mol. The maximum Gasteiger partial charge on any atom is 0.472 e. The minimum Gasteiger partial charge on any atom is -0.302 e. The topological polar surface area (TPSA) is 55.8 Å². The molecule has 0 rings (SSSR count). The van der Waals surface area contributed by atoms with Gasteiger partial charge in [0, 0.05) is 0 Å². The van der Waals surface area contributed by atoms with Crippen molar-refractivity contribution in [3.8, 4) is 0 Å². The average molecular weight is 693 g/mol. The molecule has 0 aromatic carbocycles. The molecule has 1 N–H and O–H groups in total. The smallest absolute Gasteiger partial charge is 0.302 e. The Labute approximate surface area is 292 Å². The third kappa shape index (κ3) is 35.8. The van der Waals surface area contributed by atoms with E-state index in [1.807, 2.05) is 0 Å². The van der Waals surface area contributed by atoms with Gasteiger partial charge in [0.25, 0.3) is 0 Å². The molecule has 0 bridgehead atoms. The zero-order chi connectivity index (χ0) is 34.6. The van der Waals surface area contributed by atoms with Gasteiger partial charge in [-0.15, -0.1) is 7.92 Å². The quantitative estimate of drug-likeness (QED) is 0.0530. The Balaban J connectivity index is 0. The number of phosphoric acid groups is 1. The lowest BCUT2D eigenvalue weighted by Crippen LogP contribution is -2.12. The largest absolute Gasteiger partial charge is 0.472 e. The summed E-state index contributed by atoms with van der Waals surface area (Å²) in [7, 11) is -3.53. The van der Waals surface area contributed by atoms with Crippen LogP contribution in [0.3, 0.4) is 0 Å². The molecule has 0 radical (unpaired) electrons. The zero-order valence-corrected chi connectivity index (χ0v) is 34.4. The van der Waals surface area contributed by atoms with Crippen LogP contribution in [0.5, 0.6) is 0 Å². The highest BCUT2D eigenvalue weighted by molar-refractivity contribution is 7.57. The molecule has 2 atom stereocenters. The van der Waals surface area contributed by atoms with E-state index in [9.17, 15) is 9.46 Å². The van der Waals surface area contributed by atoms with E-state index in [1.54, 1.807) is 18.5 Å². The first-order chi connectivity index (χ1) is 22.3. The molecule has 0 fully saturated rings. The predicted molar refractivity (Wildman–Crippen MR) is 210 cm³/mol. The molecule has 0 aromatic rings. The standard InChI is InChI=1S/C24H51P.C16H35O4P/c1-4-7-10-13-16-19-22-25(23-20-17-14-11-8-5-2)24-21-18-15-12-9-6-3;1-5-9-11-15(7-3)13-19-21(17,18)20-14-16(8-4)12-10-6-2/h4-24H2,1-3H3;15-16H,5-14H2,1-4H3,(H,17,18). The lowest BCUT2D eigenvalue weighted by Gasteiger charge is -2.20. The van der Waals surface area contributed by atoms with Crippen LogP contribution in [0.1, 0.15) is 215 Å². The summed E-state index contributed by atoms with van der Waals surface area (Å²) < 4.78 is 22.2. The van der Waals surface area contributed by atoms with Crippen LogP contribution in [-0.2, 0) is 13.6 Å². The number of hydrogen-bond acceptors (Lipinski definition) is 3. The Morgan fingerprint density at radius 3 is 1.02 bits per heavy atom. The number of hydrogen-bond donors (Lipinski definition) is 1. The van der Waals surface area contributed by atoms with E-state index in [0.717, 1.165) is 51.4 Å². The van der Waals surface area contributed by atoms with Gasteiger partial charge in [-0.25, -0.2) is 4.57 Å². The molecule has 0 amide bonds. The van der Waals surface area contributed by atoms with Crippen LogP contribution in [0.2, 0.25) is 0 Å². The second-order valence-corrected chi connectivity index (χ2v) is 18.2. The van der Waals surface area contributed by atoms with Crippen LogP contribution in [0.15, 0.2) is 0 Å². The van der Waals surface area contributed by atoms with Crippen molar-refractivity contribution in [1.29, 1.82) is 0 Å². The predicted octanol–water partition coefficient (Wildman–Crippen LogP) is 15.1. The van der Waals surface area contributed by atoms with Crippen molar-refractivity contribution < 1.29 is 18.5 Å². The lowest BCUT2D eigenvalue weighted by molar-refractivity contribution is 0.110. The van der Waals surface area contributed by atoms with Crippen molar-refractivity contribution >= 4 is 15.7 Å². The Morgan fingerprint density at radius 1 is 0.457 bits per heavy atom. The minimum atomic E-state index is -3.89. The summed E-state index contributed by atoms with van der Waals surface area (Å²) in [4.78, 5) is 9.77. The van der Waals surface area contributed by atoms with Gasteiger partial charge >= 0.3 is 7.82 Å². The number of rotatable bonds is 35. The minimum absolute atomic E-state index is 0.316. The van der Waals surface area contributed by atoms with Crippen LogP contribution in [-0.4, -0.2) is 36.6 Å². The van der Waals surface area contributed by atoms with Gasteiger partial charge in [0.15, 0.2) is 0 Å². The van der Waals surface area contributed by atoms with E-state index >= 15 is 0 Å². The molecule has 4 nitrogen and oxygen atoms in total. The molecule has 6 heteroatoms. The van der Waals surface area contributed by atoms with Gasteiger partial charge < -0.3 is 4.89 Å². The molecular formula is C40H86O4P2. The molecule has 46 heavy (non-hydrogen) atoms. The molecule has 0 saturated carbocycles. The average Bonchev–Trinajstić information content (AvgIpc) is 3.06. The highest BCUT2D eigenvalue weighted by Gasteiger charge is 2.24. The van der Waals surface area contributed by atoms with Crippen molar-refractivity contribution in [2.24, 2.45) is 11.8 Å². The zero-order valence-electron chi connectivity index (χ0n) is 32.6. The SMILES string of the molecule is CCCCC(CC)COP(=O)(O)OCC(CC)CCCC.CCCCCCCCP(CCCCCCCC)CCCCCCCC. The Bertz CT molecular complexity index is 556. The van der Waals surface area contributed by atoms with E-state index in [4.69, 9.17) is 9.05 Å². The lowest BCUT2D eigenvalue weighted by atomic mass is 10.0. The number of unbranched alkanes of at least 4 members (excludes halogenated alkanes) is 17. The maximum atomic E-state index is 11.9. The molecule has 280 valence electrons. The molecule has 0 aliphatic heterocycles. The van der Waals surface area contributed by atoms with Crippen molar-refractivity contribution in [3.05, 3.63) is 0 Å². The van der Waals surface area contributed by atoms with E-state index in [-0.39, 0.29) is 0 Å². The molecule has 0 aromatic heterocycles. The fourth-order valence-electron chi connectivity index (χ4n) is 5.92. The second-order valence-electron chi connectivity index (χ2n) is 14.0. The van der Waals surface area contributed by atoms with Crippen LogP contribution in [0.4, 0.5) is 0 Å². The van der Waals surface area contributed by atoms with Crippen molar-refractivity contribution in [3.63, 3.8) is 0 Å². The fraction of sp³-hybridized carbons (Fsp3) is 1.00. The highest BCUT2D eigenvalue weighted by Crippen LogP contribution is 2.45. The Hall–Kier alpha value is 0.540. The second kappa shape index (κ2) is 38.3. The van der Waals surface area contributed by atoms with Crippen molar-refractivity contribution in [2.45, 2.75) is 215 Å². The first-order valence-corrected chi connectivity index (χ1v) is 24.1. The fourth-order valence-corrected chi connectivity index (χ4v) is 9.47. The van der Waals surface area contributed by atoms with Crippen LogP contribution in [0, 0.1) is 11.8 Å². The molecule has 0 heterocycles. The van der Waals surface area contributed by atoms with Crippen LogP contribution in [0.25, 0.3) is 0 Å². The maximum absolute atomic E-state index is 11.9. The normalized spacial score (nSPS) is 14.2. The number of phosphoric ester groups is 1. The third-order valence-electron chi connectivity index (χ3n) is 9.52. The van der Waals surface area contributed by atoms with Crippen LogP contribution < -0.4 is 0 Å². The van der Waals surface area contributed by atoms with Gasteiger partial charge in [0.1, 0.15) is 0 Å². The molecular weight excluding hydrogens is 606 g/mol. The molecule has 0 saturated heterocycles. The van der Waals surface area contributed by atoms with Gasteiger partial charge in [-0.2, -0.15) is 0 Å². The summed E-state index contributed by atoms with van der Waals surface area (Å²) in [6.45, 7) is 16.1. The summed E-state index contributed by atoms with van der Waals surface area (Å²) >= 11 is 0. The molecule has 0 spiro atoms. The van der Waals surface area contributed by atoms with Crippen LogP contribution >= 0.6 is 15.7 Å². The third-order valence-corrected chi connectivity index (χ3v) is 13.3. The van der Waals surface area contributed by atoms with Gasteiger partial charge in [-0.3, -0.25) is 9.05 Å². The summed E-state index contributed by atoms with van der Waals surface area (Å²) in [6, 6.07) is 0. The Kier molecular flexibility index (Phi) is 40.6. The van der Waals surface area contributed by atoms with E-state index in [0.29, 0.717) is 33.0 Å². The van der Waals surface area contributed by atoms with E-state index < -0.39 is 7.82 Å². The van der Waals surface area contributed by atoms with Crippen molar-refractivity contribution in [1.82, 2.24) is 0 Å². The summed E-state index contributed by atoms with van der Waals surface area (Å²) in [6.07, 6.45) is 39.8. The summed E-state index contributed by atoms with van der Waals surface area (Å²) in [5, 5.41) is 0.